The van der Waals surface area contributed by atoms with Gasteiger partial charge in [0.1, 0.15) is 0 Å². The van der Waals surface area contributed by atoms with Gasteiger partial charge in [0.15, 0.2) is 0 Å². The van der Waals surface area contributed by atoms with Crippen molar-refractivity contribution in [1.82, 2.24) is 9.88 Å². The molecule has 0 fully saturated rings. The largest absolute Gasteiger partial charge is 0.359 e. The van der Waals surface area contributed by atoms with Crippen LogP contribution in [0.15, 0.2) is 48.7 Å². The van der Waals surface area contributed by atoms with Crippen molar-refractivity contribution in [2.24, 2.45) is 0 Å². The second kappa shape index (κ2) is 6.99. The molecule has 0 atom stereocenters. The van der Waals surface area contributed by atoms with Crippen molar-refractivity contribution in [2.75, 3.05) is 13.1 Å². The van der Waals surface area contributed by atoms with Crippen molar-refractivity contribution >= 4 is 57.2 Å². The van der Waals surface area contributed by atoms with E-state index in [4.69, 9.17) is 34.8 Å². The van der Waals surface area contributed by atoms with Crippen LogP contribution in [0.25, 0.3) is 16.5 Å². The molecule has 2 aromatic carbocycles. The Labute approximate surface area is 166 Å². The maximum Gasteiger partial charge on any atom is 0.254 e. The number of nitrogens with zero attached hydrogens (tertiary/aromatic N) is 1. The van der Waals surface area contributed by atoms with Gasteiger partial charge in [-0.1, -0.05) is 53.0 Å². The maximum atomic E-state index is 12.7. The predicted octanol–water partition coefficient (Wildman–Crippen LogP) is 6.06. The summed E-state index contributed by atoms with van der Waals surface area (Å²) in [5.41, 5.74) is 3.86. The number of rotatable bonds is 2. The van der Waals surface area contributed by atoms with Crippen LogP contribution >= 0.6 is 34.8 Å². The average Bonchev–Trinajstić information content (AvgIpc) is 3.09. The molecule has 0 unspecified atom stereocenters. The van der Waals surface area contributed by atoms with Crippen LogP contribution in [0.2, 0.25) is 15.1 Å². The number of hydrogen-bond donors (Lipinski definition) is 1. The number of para-hydroxylation sites is 1. The van der Waals surface area contributed by atoms with E-state index in [1.54, 1.807) is 18.2 Å². The monoisotopic (exact) mass is 404 g/mol. The lowest BCUT2D eigenvalue weighted by Crippen LogP contribution is -2.34. The molecular formula is C20H15Cl3N2O. The van der Waals surface area contributed by atoms with E-state index in [-0.39, 0.29) is 5.91 Å². The smallest absolute Gasteiger partial charge is 0.254 e. The van der Waals surface area contributed by atoms with Gasteiger partial charge in [-0.25, -0.2) is 0 Å². The van der Waals surface area contributed by atoms with E-state index < -0.39 is 0 Å². The quantitative estimate of drug-likeness (QED) is 0.553. The number of aromatic amines is 1. The van der Waals surface area contributed by atoms with E-state index in [2.05, 4.69) is 17.1 Å². The Morgan fingerprint density at radius 1 is 1.04 bits per heavy atom. The van der Waals surface area contributed by atoms with E-state index in [1.807, 2.05) is 23.2 Å². The number of carbonyl (C=O) groups is 1. The van der Waals surface area contributed by atoms with Gasteiger partial charge in [0.2, 0.25) is 0 Å². The maximum absolute atomic E-state index is 12.7. The van der Waals surface area contributed by atoms with Gasteiger partial charge in [0, 0.05) is 35.8 Å². The van der Waals surface area contributed by atoms with Gasteiger partial charge in [-0.2, -0.15) is 0 Å². The second-order valence-corrected chi connectivity index (χ2v) is 7.45. The van der Waals surface area contributed by atoms with Crippen LogP contribution in [0.4, 0.5) is 0 Å². The number of hydrogen-bond acceptors (Lipinski definition) is 1. The standard InChI is InChI=1S/C20H15Cl3N2O/c21-16-5-4-13(10-18(16)23)20(26)25-8-6-12(7-9-25)15-11-24-19-14(15)2-1-3-17(19)22/h1-6,10-11,24H,7-9H2. The summed E-state index contributed by atoms with van der Waals surface area (Å²) in [5.74, 6) is -0.0409. The van der Waals surface area contributed by atoms with Crippen LogP contribution in [0, 0.1) is 0 Å². The Hall–Kier alpha value is -1.94. The first-order chi connectivity index (χ1) is 12.5. The summed E-state index contributed by atoms with van der Waals surface area (Å²) in [6.07, 6.45) is 4.87. The lowest BCUT2D eigenvalue weighted by Gasteiger charge is -2.26. The Kier molecular flexibility index (Phi) is 4.70. The third-order valence-corrected chi connectivity index (χ3v) is 5.73. The highest BCUT2D eigenvalue weighted by Gasteiger charge is 2.21. The van der Waals surface area contributed by atoms with Crippen LogP contribution in [-0.2, 0) is 0 Å². The summed E-state index contributed by atoms with van der Waals surface area (Å²) >= 11 is 18.2. The number of nitrogens with one attached hydrogen (secondary N) is 1. The zero-order valence-corrected chi connectivity index (χ0v) is 16.0. The minimum absolute atomic E-state index is 0.0409. The van der Waals surface area contributed by atoms with Crippen LogP contribution in [-0.4, -0.2) is 28.9 Å². The van der Waals surface area contributed by atoms with E-state index in [1.165, 1.54) is 5.57 Å². The molecule has 3 aromatic rings. The molecule has 1 amide bonds. The normalized spacial score (nSPS) is 14.6. The molecule has 0 aliphatic carbocycles. The summed E-state index contributed by atoms with van der Waals surface area (Å²) in [4.78, 5) is 17.7. The highest BCUT2D eigenvalue weighted by molar-refractivity contribution is 6.42. The molecule has 4 rings (SSSR count). The first-order valence-corrected chi connectivity index (χ1v) is 9.37. The lowest BCUT2D eigenvalue weighted by atomic mass is 9.98. The number of halogens is 3. The number of H-pyrrole nitrogens is 1. The predicted molar refractivity (Wildman–Crippen MR) is 108 cm³/mol. The number of benzene rings is 2. The summed E-state index contributed by atoms with van der Waals surface area (Å²) in [6.45, 7) is 1.21. The molecule has 0 bridgehead atoms. The summed E-state index contributed by atoms with van der Waals surface area (Å²) in [6, 6.07) is 10.9. The molecule has 1 aliphatic rings. The molecule has 1 N–H and O–H groups in total. The van der Waals surface area contributed by atoms with Gasteiger partial charge in [-0.05, 0) is 36.3 Å². The zero-order chi connectivity index (χ0) is 18.3. The molecule has 6 heteroatoms. The molecule has 2 heterocycles. The molecule has 1 aliphatic heterocycles. The zero-order valence-electron chi connectivity index (χ0n) is 13.7. The van der Waals surface area contributed by atoms with E-state index >= 15 is 0 Å². The third-order valence-electron chi connectivity index (χ3n) is 4.67. The van der Waals surface area contributed by atoms with Crippen LogP contribution in [0.3, 0.4) is 0 Å². The summed E-state index contributed by atoms with van der Waals surface area (Å²) in [5, 5.41) is 2.65. The highest BCUT2D eigenvalue weighted by Crippen LogP contribution is 2.32. The van der Waals surface area contributed by atoms with Crippen molar-refractivity contribution in [1.29, 1.82) is 0 Å². The minimum atomic E-state index is -0.0409. The van der Waals surface area contributed by atoms with Crippen LogP contribution in [0.1, 0.15) is 22.3 Å². The molecule has 132 valence electrons. The van der Waals surface area contributed by atoms with Gasteiger partial charge in [0.05, 0.1) is 20.6 Å². The number of carbonyl (C=O) groups excluding carboxylic acids is 1. The Morgan fingerprint density at radius 3 is 2.62 bits per heavy atom. The SMILES string of the molecule is O=C(c1ccc(Cl)c(Cl)c1)N1CC=C(c2c[nH]c3c(Cl)cccc23)CC1. The van der Waals surface area contributed by atoms with Gasteiger partial charge in [-0.3, -0.25) is 4.79 Å². The topological polar surface area (TPSA) is 36.1 Å². The Morgan fingerprint density at radius 2 is 1.88 bits per heavy atom. The van der Waals surface area contributed by atoms with E-state index in [0.29, 0.717) is 33.7 Å². The Balaban J connectivity index is 1.57. The minimum Gasteiger partial charge on any atom is -0.359 e. The first-order valence-electron chi connectivity index (χ1n) is 8.24. The fourth-order valence-corrected chi connectivity index (χ4v) is 3.82. The van der Waals surface area contributed by atoms with Crippen LogP contribution < -0.4 is 0 Å². The first kappa shape index (κ1) is 17.5. The fourth-order valence-electron chi connectivity index (χ4n) is 3.29. The molecule has 0 saturated heterocycles. The molecule has 3 nitrogen and oxygen atoms in total. The second-order valence-electron chi connectivity index (χ2n) is 6.22. The molecule has 0 spiro atoms. The summed E-state index contributed by atoms with van der Waals surface area (Å²) < 4.78 is 0. The van der Waals surface area contributed by atoms with Crippen molar-refractivity contribution in [3.05, 3.63) is 74.9 Å². The third kappa shape index (κ3) is 3.11. The van der Waals surface area contributed by atoms with Crippen molar-refractivity contribution < 1.29 is 4.79 Å². The molecule has 0 saturated carbocycles. The lowest BCUT2D eigenvalue weighted by molar-refractivity contribution is 0.0773. The number of aromatic nitrogens is 1. The van der Waals surface area contributed by atoms with Gasteiger partial charge in [-0.15, -0.1) is 0 Å². The van der Waals surface area contributed by atoms with Gasteiger partial charge >= 0.3 is 0 Å². The number of fused-ring (bicyclic) bond motifs is 1. The molecular weight excluding hydrogens is 391 g/mol. The van der Waals surface area contributed by atoms with Gasteiger partial charge < -0.3 is 9.88 Å². The molecule has 0 radical (unpaired) electrons. The highest BCUT2D eigenvalue weighted by atomic mass is 35.5. The van der Waals surface area contributed by atoms with Crippen molar-refractivity contribution in [2.45, 2.75) is 6.42 Å². The average molecular weight is 406 g/mol. The Bertz CT molecular complexity index is 1040. The van der Waals surface area contributed by atoms with Crippen LogP contribution in [0.5, 0.6) is 0 Å². The molecule has 26 heavy (non-hydrogen) atoms. The van der Waals surface area contributed by atoms with E-state index in [0.717, 1.165) is 22.9 Å². The molecule has 1 aromatic heterocycles. The van der Waals surface area contributed by atoms with Crippen molar-refractivity contribution in [3.8, 4) is 0 Å². The number of amides is 1. The fraction of sp³-hybridized carbons (Fsp3) is 0.150. The van der Waals surface area contributed by atoms with E-state index in [9.17, 15) is 4.79 Å². The van der Waals surface area contributed by atoms with Gasteiger partial charge in [0.25, 0.3) is 5.91 Å². The van der Waals surface area contributed by atoms with Crippen molar-refractivity contribution in [3.63, 3.8) is 0 Å². The summed E-state index contributed by atoms with van der Waals surface area (Å²) in [7, 11) is 0.